The van der Waals surface area contributed by atoms with Crippen molar-refractivity contribution in [2.45, 2.75) is 39.2 Å². The Hall–Kier alpha value is -1.89. The van der Waals surface area contributed by atoms with Crippen molar-refractivity contribution in [3.05, 3.63) is 32.1 Å². The predicted molar refractivity (Wildman–Crippen MR) is 77.1 cm³/mol. The molecule has 1 aliphatic rings. The minimum absolute atomic E-state index is 0.0289. The molecule has 7 heteroatoms. The number of aliphatic hydroxyl groups is 1. The quantitative estimate of drug-likeness (QED) is 0.701. The molecule has 21 heavy (non-hydrogen) atoms. The van der Waals surface area contributed by atoms with Gasteiger partial charge >= 0.3 is 5.69 Å². The van der Waals surface area contributed by atoms with Crippen LogP contribution in [0.5, 0.6) is 0 Å². The number of likely N-dealkylation sites (tertiary alicyclic amines) is 1. The summed E-state index contributed by atoms with van der Waals surface area (Å²) in [5.74, 6) is 0.0414. The fraction of sp³-hybridized carbons (Fsp3) is 0.643. The summed E-state index contributed by atoms with van der Waals surface area (Å²) in [6, 6.07) is 0. The number of nitrogens with one attached hydrogen (secondary N) is 2. The smallest absolute Gasteiger partial charge is 0.325 e. The second kappa shape index (κ2) is 6.26. The van der Waals surface area contributed by atoms with Crippen molar-refractivity contribution in [1.82, 2.24) is 14.9 Å². The minimum Gasteiger partial charge on any atom is -0.393 e. The van der Waals surface area contributed by atoms with E-state index in [4.69, 9.17) is 0 Å². The maximum atomic E-state index is 12.2. The molecule has 7 nitrogen and oxygen atoms in total. The van der Waals surface area contributed by atoms with Crippen LogP contribution in [0.15, 0.2) is 9.59 Å². The summed E-state index contributed by atoms with van der Waals surface area (Å²) in [5.41, 5.74) is -0.0371. The topological polar surface area (TPSA) is 106 Å². The van der Waals surface area contributed by atoms with Crippen LogP contribution in [0.1, 0.15) is 31.0 Å². The predicted octanol–water partition coefficient (Wildman–Crippen LogP) is -0.466. The van der Waals surface area contributed by atoms with E-state index in [1.54, 1.807) is 11.8 Å². The number of aryl methyl sites for hydroxylation is 1. The highest BCUT2D eigenvalue weighted by atomic mass is 16.3. The number of nitrogens with zero attached hydrogens (tertiary/aromatic N) is 1. The molecular formula is C14H21N3O4. The first kappa shape index (κ1) is 15.5. The molecule has 0 saturated carbocycles. The molecule has 0 radical (unpaired) electrons. The van der Waals surface area contributed by atoms with E-state index in [0.29, 0.717) is 37.2 Å². The maximum absolute atomic E-state index is 12.2. The molecule has 2 unspecified atom stereocenters. The number of rotatable bonds is 3. The molecule has 2 atom stereocenters. The van der Waals surface area contributed by atoms with E-state index in [2.05, 4.69) is 9.97 Å². The van der Waals surface area contributed by atoms with Crippen molar-refractivity contribution >= 4 is 5.91 Å². The Balaban J connectivity index is 1.99. The number of aromatic amines is 2. The van der Waals surface area contributed by atoms with E-state index in [-0.39, 0.29) is 24.3 Å². The molecule has 1 aromatic heterocycles. The summed E-state index contributed by atoms with van der Waals surface area (Å²) >= 11 is 0. The highest BCUT2D eigenvalue weighted by Gasteiger charge is 2.27. The van der Waals surface area contributed by atoms with Crippen molar-refractivity contribution in [3.8, 4) is 0 Å². The van der Waals surface area contributed by atoms with Gasteiger partial charge in [0.05, 0.1) is 6.10 Å². The van der Waals surface area contributed by atoms with Gasteiger partial charge in [0, 0.05) is 30.8 Å². The van der Waals surface area contributed by atoms with Gasteiger partial charge in [0.15, 0.2) is 0 Å². The number of carbonyl (C=O) groups excluding carboxylic acids is 1. The number of aliphatic hydroxyl groups excluding tert-OH is 1. The van der Waals surface area contributed by atoms with Crippen molar-refractivity contribution in [2.75, 3.05) is 13.1 Å². The van der Waals surface area contributed by atoms with Gasteiger partial charge in [-0.05, 0) is 25.7 Å². The Kier molecular flexibility index (Phi) is 4.62. The van der Waals surface area contributed by atoms with Crippen LogP contribution >= 0.6 is 0 Å². The number of H-pyrrole nitrogens is 2. The van der Waals surface area contributed by atoms with Gasteiger partial charge in [0.1, 0.15) is 0 Å². The number of aromatic nitrogens is 2. The molecule has 0 aliphatic carbocycles. The molecule has 0 bridgehead atoms. The van der Waals surface area contributed by atoms with Crippen LogP contribution in [-0.2, 0) is 11.2 Å². The molecular weight excluding hydrogens is 274 g/mol. The number of hydrogen-bond acceptors (Lipinski definition) is 4. The molecule has 3 N–H and O–H groups in total. The van der Waals surface area contributed by atoms with Crippen molar-refractivity contribution < 1.29 is 9.90 Å². The second-order valence-corrected chi connectivity index (χ2v) is 5.68. The first-order valence-electron chi connectivity index (χ1n) is 7.16. The van der Waals surface area contributed by atoms with Gasteiger partial charge in [0.25, 0.3) is 5.56 Å². The number of hydrogen-bond donors (Lipinski definition) is 3. The van der Waals surface area contributed by atoms with Gasteiger partial charge < -0.3 is 15.0 Å². The molecule has 1 saturated heterocycles. The lowest BCUT2D eigenvalue weighted by Gasteiger charge is -2.34. The Bertz CT molecular complexity index is 634. The van der Waals surface area contributed by atoms with Gasteiger partial charge in [-0.15, -0.1) is 0 Å². The summed E-state index contributed by atoms with van der Waals surface area (Å²) in [7, 11) is 0. The molecule has 116 valence electrons. The largest absolute Gasteiger partial charge is 0.393 e. The van der Waals surface area contributed by atoms with Crippen LogP contribution in [0.4, 0.5) is 0 Å². The van der Waals surface area contributed by atoms with E-state index < -0.39 is 11.2 Å². The third-order valence-electron chi connectivity index (χ3n) is 4.06. The summed E-state index contributed by atoms with van der Waals surface area (Å²) in [6.07, 6.45) is 0.757. The summed E-state index contributed by atoms with van der Waals surface area (Å²) < 4.78 is 0. The van der Waals surface area contributed by atoms with Crippen LogP contribution in [0.25, 0.3) is 0 Å². The number of amides is 1. The third-order valence-corrected chi connectivity index (χ3v) is 4.06. The van der Waals surface area contributed by atoms with Crippen LogP contribution in [0.3, 0.4) is 0 Å². The molecule has 2 heterocycles. The molecule has 0 spiro atoms. The zero-order valence-corrected chi connectivity index (χ0v) is 12.3. The average Bonchev–Trinajstić information content (AvgIpc) is 2.40. The fourth-order valence-corrected chi connectivity index (χ4v) is 2.68. The van der Waals surface area contributed by atoms with Crippen molar-refractivity contribution in [3.63, 3.8) is 0 Å². The number of carbonyl (C=O) groups is 1. The van der Waals surface area contributed by atoms with E-state index >= 15 is 0 Å². The Morgan fingerprint density at radius 1 is 1.38 bits per heavy atom. The lowest BCUT2D eigenvalue weighted by molar-refractivity contribution is -0.134. The summed E-state index contributed by atoms with van der Waals surface area (Å²) in [5, 5.41) is 9.67. The Labute approximate surface area is 122 Å². The Morgan fingerprint density at radius 3 is 2.71 bits per heavy atom. The zero-order valence-electron chi connectivity index (χ0n) is 12.3. The SMILES string of the molecule is Cc1[nH]c(=O)[nH]c(=O)c1CCC(=O)N1CCC(O)C(C)C1. The number of piperidine rings is 1. The minimum atomic E-state index is -0.536. The first-order chi connectivity index (χ1) is 9.88. The molecule has 1 aromatic rings. The van der Waals surface area contributed by atoms with Gasteiger partial charge in [0.2, 0.25) is 5.91 Å². The molecule has 1 amide bonds. The summed E-state index contributed by atoms with van der Waals surface area (Å²) in [4.78, 5) is 41.4. The summed E-state index contributed by atoms with van der Waals surface area (Å²) in [6.45, 7) is 4.66. The van der Waals surface area contributed by atoms with Gasteiger partial charge in [-0.1, -0.05) is 6.92 Å². The van der Waals surface area contributed by atoms with Crippen LogP contribution in [-0.4, -0.2) is 45.1 Å². The van der Waals surface area contributed by atoms with E-state index in [1.807, 2.05) is 6.92 Å². The van der Waals surface area contributed by atoms with Crippen molar-refractivity contribution in [1.29, 1.82) is 0 Å². The third kappa shape index (κ3) is 3.60. The van der Waals surface area contributed by atoms with Gasteiger partial charge in [-0.25, -0.2) is 4.79 Å². The fourth-order valence-electron chi connectivity index (χ4n) is 2.68. The second-order valence-electron chi connectivity index (χ2n) is 5.68. The highest BCUT2D eigenvalue weighted by molar-refractivity contribution is 5.76. The van der Waals surface area contributed by atoms with Crippen LogP contribution in [0, 0.1) is 12.8 Å². The standard InChI is InChI=1S/C14H21N3O4/c1-8-7-17(6-5-11(8)18)12(19)4-3-10-9(2)15-14(21)16-13(10)20/h8,11,18H,3-7H2,1-2H3,(H2,15,16,20,21). The maximum Gasteiger partial charge on any atom is 0.325 e. The normalized spacial score (nSPS) is 22.3. The van der Waals surface area contributed by atoms with Gasteiger partial charge in [-0.2, -0.15) is 0 Å². The first-order valence-corrected chi connectivity index (χ1v) is 7.16. The van der Waals surface area contributed by atoms with E-state index in [1.165, 1.54) is 0 Å². The molecule has 1 fully saturated rings. The van der Waals surface area contributed by atoms with E-state index in [9.17, 15) is 19.5 Å². The lowest BCUT2D eigenvalue weighted by Crippen LogP contribution is -2.45. The molecule has 1 aliphatic heterocycles. The van der Waals surface area contributed by atoms with Crippen LogP contribution in [0.2, 0.25) is 0 Å². The molecule has 0 aromatic carbocycles. The molecule has 2 rings (SSSR count). The highest BCUT2D eigenvalue weighted by Crippen LogP contribution is 2.17. The average molecular weight is 295 g/mol. The Morgan fingerprint density at radius 2 is 2.10 bits per heavy atom. The van der Waals surface area contributed by atoms with E-state index in [0.717, 1.165) is 0 Å². The zero-order chi connectivity index (χ0) is 15.6. The monoisotopic (exact) mass is 295 g/mol. The lowest BCUT2D eigenvalue weighted by atomic mass is 9.96. The van der Waals surface area contributed by atoms with Crippen LogP contribution < -0.4 is 11.2 Å². The van der Waals surface area contributed by atoms with Gasteiger partial charge in [-0.3, -0.25) is 14.6 Å². The van der Waals surface area contributed by atoms with Crippen molar-refractivity contribution in [2.24, 2.45) is 5.92 Å².